The largest absolute Gasteiger partial charge is 0.496 e. The summed E-state index contributed by atoms with van der Waals surface area (Å²) < 4.78 is 5.13. The summed E-state index contributed by atoms with van der Waals surface area (Å²) in [6.07, 6.45) is -0.0342. The average molecular weight is 252 g/mol. The van der Waals surface area contributed by atoms with Crippen molar-refractivity contribution in [2.45, 2.75) is 20.0 Å². The molecular weight excluding hydrogens is 236 g/mol. The molecule has 0 heterocycles. The Labute approximate surface area is 105 Å². The van der Waals surface area contributed by atoms with E-state index in [-0.39, 0.29) is 35.9 Å². The quantitative estimate of drug-likeness (QED) is 0.720. The zero-order valence-corrected chi connectivity index (χ0v) is 10.4. The molecule has 0 fully saturated rings. The Bertz CT molecular complexity index is 465. The van der Waals surface area contributed by atoms with Gasteiger partial charge in [-0.2, -0.15) is 0 Å². The summed E-state index contributed by atoms with van der Waals surface area (Å²) in [7, 11) is 1.40. The number of aliphatic hydroxyl groups is 2. The normalized spacial score (nSPS) is 10.2. The molecule has 2 N–H and O–H groups in total. The summed E-state index contributed by atoms with van der Waals surface area (Å²) in [6, 6.07) is 3.20. The molecule has 0 aliphatic rings. The van der Waals surface area contributed by atoms with E-state index in [9.17, 15) is 14.7 Å². The van der Waals surface area contributed by atoms with Gasteiger partial charge in [0, 0.05) is 12.0 Å². The Balaban J connectivity index is 3.34. The van der Waals surface area contributed by atoms with Gasteiger partial charge in [-0.1, -0.05) is 12.1 Å². The number of Topliss-reactive ketones (excluding diaryl/α,β-unsaturated/α-hetero) is 2. The topological polar surface area (TPSA) is 83.8 Å². The number of ketones is 2. The van der Waals surface area contributed by atoms with Crippen LogP contribution < -0.4 is 4.74 Å². The Morgan fingerprint density at radius 3 is 2.28 bits per heavy atom. The molecule has 0 unspecified atom stereocenters. The van der Waals surface area contributed by atoms with E-state index in [0.717, 1.165) is 0 Å². The molecule has 98 valence electrons. The van der Waals surface area contributed by atoms with Crippen LogP contribution in [0.15, 0.2) is 12.1 Å². The van der Waals surface area contributed by atoms with Gasteiger partial charge < -0.3 is 14.9 Å². The molecule has 0 saturated carbocycles. The van der Waals surface area contributed by atoms with Crippen molar-refractivity contribution in [3.8, 4) is 5.75 Å². The van der Waals surface area contributed by atoms with E-state index in [1.165, 1.54) is 14.0 Å². The molecule has 5 heteroatoms. The first-order chi connectivity index (χ1) is 8.54. The Morgan fingerprint density at radius 2 is 1.83 bits per heavy atom. The molecule has 1 aromatic rings. The number of rotatable bonds is 6. The zero-order valence-electron chi connectivity index (χ0n) is 10.4. The van der Waals surface area contributed by atoms with Gasteiger partial charge in [0.15, 0.2) is 11.6 Å². The average Bonchev–Trinajstić information content (AvgIpc) is 2.37. The molecule has 18 heavy (non-hydrogen) atoms. The lowest BCUT2D eigenvalue weighted by Gasteiger charge is -2.14. The molecule has 0 aromatic heterocycles. The Kier molecular flexibility index (Phi) is 5.00. The molecule has 0 amide bonds. The molecular formula is C13H16O5. The maximum Gasteiger partial charge on any atom is 0.163 e. The fourth-order valence-electron chi connectivity index (χ4n) is 1.83. The van der Waals surface area contributed by atoms with Crippen molar-refractivity contribution in [2.24, 2.45) is 0 Å². The predicted molar refractivity (Wildman–Crippen MR) is 64.7 cm³/mol. The van der Waals surface area contributed by atoms with Gasteiger partial charge in [0.05, 0.1) is 19.3 Å². The van der Waals surface area contributed by atoms with Crippen LogP contribution in [-0.4, -0.2) is 35.5 Å². The number of aliphatic hydroxyl groups excluding tert-OH is 2. The second kappa shape index (κ2) is 6.28. The first-order valence-electron chi connectivity index (χ1n) is 5.48. The van der Waals surface area contributed by atoms with Crippen molar-refractivity contribution in [3.63, 3.8) is 0 Å². The highest BCUT2D eigenvalue weighted by atomic mass is 16.5. The van der Waals surface area contributed by atoms with Crippen LogP contribution in [0.2, 0.25) is 0 Å². The Morgan fingerprint density at radius 1 is 1.22 bits per heavy atom. The smallest absolute Gasteiger partial charge is 0.163 e. The highest BCUT2D eigenvalue weighted by Crippen LogP contribution is 2.28. The van der Waals surface area contributed by atoms with Gasteiger partial charge in [-0.25, -0.2) is 0 Å². The van der Waals surface area contributed by atoms with Crippen molar-refractivity contribution in [1.82, 2.24) is 0 Å². The lowest BCUT2D eigenvalue weighted by Crippen LogP contribution is -2.12. The zero-order chi connectivity index (χ0) is 13.7. The fourth-order valence-corrected chi connectivity index (χ4v) is 1.83. The molecule has 0 spiro atoms. The van der Waals surface area contributed by atoms with Gasteiger partial charge in [-0.3, -0.25) is 9.59 Å². The van der Waals surface area contributed by atoms with E-state index in [1.54, 1.807) is 12.1 Å². The molecule has 5 nitrogen and oxygen atoms in total. The van der Waals surface area contributed by atoms with E-state index >= 15 is 0 Å². The van der Waals surface area contributed by atoms with E-state index in [1.807, 2.05) is 0 Å². The van der Waals surface area contributed by atoms with Crippen molar-refractivity contribution in [2.75, 3.05) is 13.7 Å². The summed E-state index contributed by atoms with van der Waals surface area (Å²) in [6.45, 7) is 0.547. The summed E-state index contributed by atoms with van der Waals surface area (Å²) in [5.74, 6) is -0.340. The van der Waals surface area contributed by atoms with Crippen LogP contribution in [0, 0.1) is 0 Å². The number of hydrogen-bond donors (Lipinski definition) is 2. The lowest BCUT2D eigenvalue weighted by molar-refractivity contribution is -0.121. The second-order valence-electron chi connectivity index (χ2n) is 3.88. The van der Waals surface area contributed by atoms with Crippen molar-refractivity contribution >= 4 is 11.6 Å². The molecule has 0 bridgehead atoms. The number of carbonyl (C=O) groups is 2. The minimum atomic E-state index is -0.568. The monoisotopic (exact) mass is 252 g/mol. The van der Waals surface area contributed by atoms with Crippen LogP contribution >= 0.6 is 0 Å². The maximum absolute atomic E-state index is 11.6. The highest BCUT2D eigenvalue weighted by molar-refractivity contribution is 6.00. The van der Waals surface area contributed by atoms with Crippen molar-refractivity contribution in [1.29, 1.82) is 0 Å². The minimum Gasteiger partial charge on any atom is -0.496 e. The first kappa shape index (κ1) is 14.3. The number of benzene rings is 1. The van der Waals surface area contributed by atoms with Gasteiger partial charge in [0.2, 0.25) is 0 Å². The molecule has 0 atom stereocenters. The summed E-state index contributed by atoms with van der Waals surface area (Å²) in [4.78, 5) is 22.9. The first-order valence-corrected chi connectivity index (χ1v) is 5.48. The van der Waals surface area contributed by atoms with Crippen LogP contribution in [0.25, 0.3) is 0 Å². The van der Waals surface area contributed by atoms with Crippen molar-refractivity contribution < 1.29 is 24.5 Å². The SMILES string of the molecule is COc1c(CO)ccc(CC(=O)CO)c1C(C)=O. The van der Waals surface area contributed by atoms with E-state index in [2.05, 4.69) is 0 Å². The van der Waals surface area contributed by atoms with Gasteiger partial charge >= 0.3 is 0 Å². The van der Waals surface area contributed by atoms with Gasteiger partial charge in [0.1, 0.15) is 12.4 Å². The van der Waals surface area contributed by atoms with Crippen LogP contribution in [0.5, 0.6) is 5.75 Å². The third-order valence-electron chi connectivity index (χ3n) is 2.62. The second-order valence-corrected chi connectivity index (χ2v) is 3.88. The predicted octanol–water partition coefficient (Wildman–Crippen LogP) is 0.494. The van der Waals surface area contributed by atoms with Crippen LogP contribution in [0.3, 0.4) is 0 Å². The number of hydrogen-bond acceptors (Lipinski definition) is 5. The minimum absolute atomic E-state index is 0.0342. The summed E-state index contributed by atoms with van der Waals surface area (Å²) >= 11 is 0. The highest BCUT2D eigenvalue weighted by Gasteiger charge is 2.18. The molecule has 0 radical (unpaired) electrons. The standard InChI is InChI=1S/C13H16O5/c1-8(16)12-9(5-11(17)7-15)3-4-10(6-14)13(12)18-2/h3-4,14-15H,5-7H2,1-2H3. The lowest BCUT2D eigenvalue weighted by atomic mass is 9.96. The van der Waals surface area contributed by atoms with Gasteiger partial charge in [0.25, 0.3) is 0 Å². The van der Waals surface area contributed by atoms with E-state index in [4.69, 9.17) is 9.84 Å². The molecule has 1 aromatic carbocycles. The van der Waals surface area contributed by atoms with Crippen LogP contribution in [0.4, 0.5) is 0 Å². The third kappa shape index (κ3) is 2.94. The van der Waals surface area contributed by atoms with Crippen LogP contribution in [0.1, 0.15) is 28.4 Å². The Hall–Kier alpha value is -1.72. The van der Waals surface area contributed by atoms with Crippen molar-refractivity contribution in [3.05, 3.63) is 28.8 Å². The van der Waals surface area contributed by atoms with Crippen LogP contribution in [-0.2, 0) is 17.8 Å². The third-order valence-corrected chi connectivity index (χ3v) is 2.62. The summed E-state index contributed by atoms with van der Waals surface area (Å²) in [5, 5.41) is 17.9. The molecule has 0 aliphatic carbocycles. The number of carbonyl (C=O) groups excluding carboxylic acids is 2. The number of methoxy groups -OCH3 is 1. The van der Waals surface area contributed by atoms with E-state index in [0.29, 0.717) is 11.1 Å². The molecule has 0 saturated heterocycles. The maximum atomic E-state index is 11.6. The summed E-state index contributed by atoms with van der Waals surface area (Å²) in [5.41, 5.74) is 1.27. The number of ether oxygens (including phenoxy) is 1. The fraction of sp³-hybridized carbons (Fsp3) is 0.385. The molecule has 0 aliphatic heterocycles. The molecule has 1 rings (SSSR count). The van der Waals surface area contributed by atoms with Gasteiger partial charge in [-0.15, -0.1) is 0 Å². The van der Waals surface area contributed by atoms with E-state index < -0.39 is 6.61 Å². The van der Waals surface area contributed by atoms with Gasteiger partial charge in [-0.05, 0) is 12.5 Å².